The number of aryl methyl sites for hydroxylation is 1. The van der Waals surface area contributed by atoms with Crippen LogP contribution in [0.1, 0.15) is 10.5 Å². The number of hydrogen-bond acceptors (Lipinski definition) is 6. The zero-order chi connectivity index (χ0) is 25.5. The number of benzene rings is 2. The summed E-state index contributed by atoms with van der Waals surface area (Å²) in [4.78, 5) is 23.5. The zero-order valence-electron chi connectivity index (χ0n) is 20.0. The Morgan fingerprint density at radius 1 is 1.08 bits per heavy atom. The van der Waals surface area contributed by atoms with Gasteiger partial charge in [0.2, 0.25) is 0 Å². The number of likely N-dealkylation sites (tertiary alicyclic amines) is 1. The Balaban J connectivity index is 1.24. The SMILES string of the molecule is Cn1c(C(=O)N2C[C@@H](O)[C@@H](F)C2)cc2ccc(-c3nccc(Nc4ccc(-c5cn[nH]c5)cc4)n3)cc21. The maximum absolute atomic E-state index is 13.8. The lowest BCUT2D eigenvalue weighted by Crippen LogP contribution is -2.31. The van der Waals surface area contributed by atoms with Gasteiger partial charge in [-0.15, -0.1) is 0 Å². The highest BCUT2D eigenvalue weighted by Crippen LogP contribution is 2.28. The first-order chi connectivity index (χ1) is 18.0. The van der Waals surface area contributed by atoms with Gasteiger partial charge in [0, 0.05) is 53.7 Å². The minimum Gasteiger partial charge on any atom is -0.388 e. The van der Waals surface area contributed by atoms with Gasteiger partial charge < -0.3 is 19.9 Å². The molecule has 0 bridgehead atoms. The summed E-state index contributed by atoms with van der Waals surface area (Å²) in [6.45, 7) is -0.112. The van der Waals surface area contributed by atoms with Crippen LogP contribution in [-0.4, -0.2) is 66.0 Å². The van der Waals surface area contributed by atoms with Crippen molar-refractivity contribution in [1.29, 1.82) is 0 Å². The number of aromatic amines is 1. The van der Waals surface area contributed by atoms with E-state index in [1.54, 1.807) is 36.1 Å². The summed E-state index contributed by atoms with van der Waals surface area (Å²) in [5.41, 5.74) is 5.02. The van der Waals surface area contributed by atoms with Crippen LogP contribution in [0.4, 0.5) is 15.9 Å². The summed E-state index contributed by atoms with van der Waals surface area (Å²) in [5.74, 6) is 0.886. The number of nitrogens with zero attached hydrogens (tertiary/aromatic N) is 5. The molecule has 0 unspecified atom stereocenters. The topological polar surface area (TPSA) is 112 Å². The molecule has 9 nitrogen and oxygen atoms in total. The van der Waals surface area contributed by atoms with Crippen molar-refractivity contribution in [1.82, 2.24) is 29.6 Å². The lowest BCUT2D eigenvalue weighted by atomic mass is 10.1. The summed E-state index contributed by atoms with van der Waals surface area (Å²) in [6, 6.07) is 17.3. The molecule has 1 aliphatic heterocycles. The second-order valence-electron chi connectivity index (χ2n) is 9.11. The molecule has 2 atom stereocenters. The fourth-order valence-electron chi connectivity index (χ4n) is 4.62. The van der Waals surface area contributed by atoms with Gasteiger partial charge in [-0.1, -0.05) is 24.3 Å². The van der Waals surface area contributed by atoms with Crippen LogP contribution in [0.2, 0.25) is 0 Å². The Kier molecular flexibility index (Phi) is 5.65. The number of halogens is 1. The van der Waals surface area contributed by atoms with E-state index >= 15 is 0 Å². The smallest absolute Gasteiger partial charge is 0.270 e. The fraction of sp³-hybridized carbons (Fsp3) is 0.185. The molecule has 0 saturated carbocycles. The maximum Gasteiger partial charge on any atom is 0.270 e. The zero-order valence-corrected chi connectivity index (χ0v) is 20.0. The molecule has 6 rings (SSSR count). The Labute approximate surface area is 211 Å². The van der Waals surface area contributed by atoms with Gasteiger partial charge >= 0.3 is 0 Å². The summed E-state index contributed by atoms with van der Waals surface area (Å²) in [6.07, 6.45) is 2.76. The molecule has 0 aliphatic carbocycles. The first-order valence-electron chi connectivity index (χ1n) is 11.9. The normalized spacial score (nSPS) is 17.4. The average Bonchev–Trinajstić information content (AvgIpc) is 3.64. The fourth-order valence-corrected chi connectivity index (χ4v) is 4.62. The van der Waals surface area contributed by atoms with Crippen LogP contribution >= 0.6 is 0 Å². The molecular weight excluding hydrogens is 473 g/mol. The first-order valence-corrected chi connectivity index (χ1v) is 11.9. The Morgan fingerprint density at radius 3 is 2.62 bits per heavy atom. The van der Waals surface area contributed by atoms with Gasteiger partial charge in [0.05, 0.1) is 12.7 Å². The molecule has 5 aromatic rings. The highest BCUT2D eigenvalue weighted by atomic mass is 19.1. The van der Waals surface area contributed by atoms with E-state index in [0.29, 0.717) is 17.3 Å². The predicted octanol–water partition coefficient (Wildman–Crippen LogP) is 3.92. The molecule has 0 radical (unpaired) electrons. The number of carbonyl (C=O) groups is 1. The number of alkyl halides is 1. The molecule has 1 fully saturated rings. The molecule has 4 heterocycles. The number of nitrogens with one attached hydrogen (secondary N) is 2. The molecule has 1 saturated heterocycles. The van der Waals surface area contributed by atoms with Crippen LogP contribution < -0.4 is 5.32 Å². The lowest BCUT2D eigenvalue weighted by Gasteiger charge is -2.15. The number of fused-ring (bicyclic) bond motifs is 1. The van der Waals surface area contributed by atoms with Crippen molar-refractivity contribution in [3.63, 3.8) is 0 Å². The summed E-state index contributed by atoms with van der Waals surface area (Å²) >= 11 is 0. The number of rotatable bonds is 5. The first kappa shape index (κ1) is 22.9. The average molecular weight is 498 g/mol. The van der Waals surface area contributed by atoms with E-state index in [-0.39, 0.29) is 19.0 Å². The highest BCUT2D eigenvalue weighted by Gasteiger charge is 2.35. The summed E-state index contributed by atoms with van der Waals surface area (Å²) < 4.78 is 15.5. The van der Waals surface area contributed by atoms with Crippen LogP contribution in [0.5, 0.6) is 0 Å². The lowest BCUT2D eigenvalue weighted by molar-refractivity contribution is 0.0755. The van der Waals surface area contributed by atoms with Gasteiger partial charge in [-0.2, -0.15) is 5.10 Å². The number of aliphatic hydroxyl groups excluding tert-OH is 1. The number of β-amino-alcohol motifs (C(OH)–C–C–N with tert-alkyl or cyclic N) is 1. The number of hydrogen-bond donors (Lipinski definition) is 3. The molecule has 1 aliphatic rings. The van der Waals surface area contributed by atoms with E-state index in [0.717, 1.165) is 33.3 Å². The second-order valence-corrected chi connectivity index (χ2v) is 9.11. The molecule has 2 aromatic carbocycles. The largest absolute Gasteiger partial charge is 0.388 e. The van der Waals surface area contributed by atoms with Gasteiger partial charge in [-0.25, -0.2) is 14.4 Å². The third kappa shape index (κ3) is 4.31. The van der Waals surface area contributed by atoms with E-state index in [2.05, 4.69) is 25.5 Å². The van der Waals surface area contributed by atoms with E-state index in [1.165, 1.54) is 4.90 Å². The number of anilines is 2. The number of amides is 1. The van der Waals surface area contributed by atoms with Crippen molar-refractivity contribution in [2.45, 2.75) is 12.3 Å². The van der Waals surface area contributed by atoms with Crippen molar-refractivity contribution in [3.8, 4) is 22.5 Å². The molecule has 3 aromatic heterocycles. The van der Waals surface area contributed by atoms with Crippen molar-refractivity contribution in [2.75, 3.05) is 18.4 Å². The number of H-pyrrole nitrogens is 1. The molecule has 1 amide bonds. The van der Waals surface area contributed by atoms with Crippen molar-refractivity contribution < 1.29 is 14.3 Å². The second kappa shape index (κ2) is 9.14. The van der Waals surface area contributed by atoms with Crippen LogP contribution in [0.15, 0.2) is 73.2 Å². The summed E-state index contributed by atoms with van der Waals surface area (Å²) in [5, 5.41) is 20.7. The minimum absolute atomic E-state index is 0.00748. The van der Waals surface area contributed by atoms with Crippen LogP contribution in [0.3, 0.4) is 0 Å². The molecule has 10 heteroatoms. The quantitative estimate of drug-likeness (QED) is 0.339. The minimum atomic E-state index is -1.42. The molecule has 37 heavy (non-hydrogen) atoms. The standard InChI is InChI=1S/C27H24FN7O2/c1-34-22-11-18(3-2-17(22)10-23(34)27(37)35-14-21(28)24(36)15-35)26-29-9-8-25(33-26)32-20-6-4-16(5-7-20)19-12-30-31-13-19/h2-13,21,24,36H,14-15H2,1H3,(H,30,31)(H,29,32,33)/t21-,24+/m0/s1. The Bertz CT molecular complexity index is 1570. The highest BCUT2D eigenvalue weighted by molar-refractivity contribution is 5.99. The van der Waals surface area contributed by atoms with Gasteiger partial charge in [-0.3, -0.25) is 9.89 Å². The molecular formula is C27H24FN7O2. The number of aromatic nitrogens is 5. The van der Waals surface area contributed by atoms with Gasteiger partial charge in [0.15, 0.2) is 5.82 Å². The molecule has 3 N–H and O–H groups in total. The predicted molar refractivity (Wildman–Crippen MR) is 138 cm³/mol. The van der Waals surface area contributed by atoms with Gasteiger partial charge in [0.25, 0.3) is 5.91 Å². The third-order valence-corrected chi connectivity index (χ3v) is 6.67. The Morgan fingerprint density at radius 2 is 1.89 bits per heavy atom. The molecule has 186 valence electrons. The summed E-state index contributed by atoms with van der Waals surface area (Å²) in [7, 11) is 1.80. The van der Waals surface area contributed by atoms with Crippen LogP contribution in [-0.2, 0) is 7.05 Å². The number of carbonyl (C=O) groups excluding carboxylic acids is 1. The van der Waals surface area contributed by atoms with Crippen LogP contribution in [0.25, 0.3) is 33.4 Å². The van der Waals surface area contributed by atoms with Gasteiger partial charge in [-0.05, 0) is 35.9 Å². The maximum atomic E-state index is 13.8. The molecule has 0 spiro atoms. The van der Waals surface area contributed by atoms with Crippen molar-refractivity contribution in [3.05, 3.63) is 78.9 Å². The number of aliphatic hydroxyl groups is 1. The van der Waals surface area contributed by atoms with E-state index in [1.807, 2.05) is 48.7 Å². The van der Waals surface area contributed by atoms with E-state index in [9.17, 15) is 14.3 Å². The van der Waals surface area contributed by atoms with E-state index < -0.39 is 12.3 Å². The van der Waals surface area contributed by atoms with Crippen LogP contribution in [0, 0.1) is 0 Å². The third-order valence-electron chi connectivity index (χ3n) is 6.67. The van der Waals surface area contributed by atoms with Gasteiger partial charge in [0.1, 0.15) is 23.8 Å². The Hall–Kier alpha value is -4.57. The monoisotopic (exact) mass is 497 g/mol. The van der Waals surface area contributed by atoms with E-state index in [4.69, 9.17) is 0 Å². The van der Waals surface area contributed by atoms with Crippen molar-refractivity contribution >= 4 is 28.3 Å². The van der Waals surface area contributed by atoms with Crippen molar-refractivity contribution in [2.24, 2.45) is 7.05 Å².